The first-order chi connectivity index (χ1) is 13.3. The molecule has 28 heavy (non-hydrogen) atoms. The van der Waals surface area contributed by atoms with Gasteiger partial charge in [-0.3, -0.25) is 4.72 Å². The maximum atomic E-state index is 11.4. The van der Waals surface area contributed by atoms with Crippen molar-refractivity contribution in [3.63, 3.8) is 0 Å². The summed E-state index contributed by atoms with van der Waals surface area (Å²) in [4.78, 5) is 0. The van der Waals surface area contributed by atoms with Crippen molar-refractivity contribution in [2.45, 2.75) is 0 Å². The summed E-state index contributed by atoms with van der Waals surface area (Å²) >= 11 is 3.56. The number of anilines is 3. The normalized spacial score (nSPS) is 11.7. The zero-order valence-corrected chi connectivity index (χ0v) is 17.8. The molecule has 0 radical (unpaired) electrons. The van der Waals surface area contributed by atoms with E-state index in [0.717, 1.165) is 43.9 Å². The SMILES string of the molecule is C[n+]1c2ccccc2c(Nc2ccc(NS(C)(=O)=O)cc2)c2ccc(Br)cc21. The lowest BCUT2D eigenvalue weighted by Crippen LogP contribution is -2.30. The Hall–Kier alpha value is -2.64. The van der Waals surface area contributed by atoms with Gasteiger partial charge in [-0.25, -0.2) is 8.42 Å². The number of nitrogens with one attached hydrogen (secondary N) is 2. The van der Waals surface area contributed by atoms with Crippen molar-refractivity contribution in [3.8, 4) is 0 Å². The monoisotopic (exact) mass is 456 g/mol. The van der Waals surface area contributed by atoms with Crippen LogP contribution in [-0.2, 0) is 17.1 Å². The number of aryl methyl sites for hydroxylation is 1. The van der Waals surface area contributed by atoms with E-state index in [4.69, 9.17) is 0 Å². The maximum Gasteiger partial charge on any atom is 0.229 e. The number of benzene rings is 3. The minimum absolute atomic E-state index is 0.533. The van der Waals surface area contributed by atoms with Crippen LogP contribution in [0.2, 0.25) is 0 Å². The van der Waals surface area contributed by atoms with Crippen LogP contribution in [-0.4, -0.2) is 14.7 Å². The third-order valence-electron chi connectivity index (χ3n) is 4.58. The minimum Gasteiger partial charge on any atom is -0.354 e. The lowest BCUT2D eigenvalue weighted by molar-refractivity contribution is -0.617. The average molecular weight is 457 g/mol. The number of rotatable bonds is 4. The van der Waals surface area contributed by atoms with E-state index in [-0.39, 0.29) is 0 Å². The smallest absolute Gasteiger partial charge is 0.229 e. The molecular weight excluding hydrogens is 438 g/mol. The number of aromatic nitrogens is 1. The van der Waals surface area contributed by atoms with Crippen LogP contribution in [0, 0.1) is 0 Å². The maximum absolute atomic E-state index is 11.4. The van der Waals surface area contributed by atoms with Crippen molar-refractivity contribution in [2.24, 2.45) is 7.05 Å². The molecule has 0 aliphatic heterocycles. The lowest BCUT2D eigenvalue weighted by Gasteiger charge is -2.13. The zero-order valence-electron chi connectivity index (χ0n) is 15.4. The van der Waals surface area contributed by atoms with Crippen LogP contribution in [0.25, 0.3) is 21.8 Å². The van der Waals surface area contributed by atoms with Crippen molar-refractivity contribution in [3.05, 3.63) is 71.2 Å². The molecule has 142 valence electrons. The largest absolute Gasteiger partial charge is 0.354 e. The van der Waals surface area contributed by atoms with E-state index in [9.17, 15) is 8.42 Å². The summed E-state index contributed by atoms with van der Waals surface area (Å²) in [5, 5.41) is 5.73. The Bertz CT molecular complexity index is 1300. The van der Waals surface area contributed by atoms with Gasteiger partial charge in [-0.05, 0) is 42.5 Å². The molecule has 4 rings (SSSR count). The molecule has 5 nitrogen and oxygen atoms in total. The molecule has 0 saturated heterocycles. The third kappa shape index (κ3) is 3.68. The molecule has 3 aromatic carbocycles. The van der Waals surface area contributed by atoms with Gasteiger partial charge >= 0.3 is 0 Å². The Morgan fingerprint density at radius 2 is 1.50 bits per heavy atom. The van der Waals surface area contributed by atoms with Gasteiger partial charge in [0.2, 0.25) is 21.1 Å². The lowest BCUT2D eigenvalue weighted by atomic mass is 10.1. The molecule has 0 unspecified atom stereocenters. The number of sulfonamides is 1. The van der Waals surface area contributed by atoms with Gasteiger partial charge in [0.15, 0.2) is 0 Å². The molecule has 0 amide bonds. The minimum atomic E-state index is -3.29. The van der Waals surface area contributed by atoms with E-state index in [1.165, 1.54) is 0 Å². The first-order valence-electron chi connectivity index (χ1n) is 8.67. The quantitative estimate of drug-likeness (QED) is 0.345. The van der Waals surface area contributed by atoms with E-state index in [2.05, 4.69) is 61.8 Å². The summed E-state index contributed by atoms with van der Waals surface area (Å²) in [6.07, 6.45) is 1.14. The van der Waals surface area contributed by atoms with Crippen LogP contribution >= 0.6 is 15.9 Å². The number of pyridine rings is 1. The van der Waals surface area contributed by atoms with Gasteiger partial charge in [-0.15, -0.1) is 0 Å². The van der Waals surface area contributed by atoms with Gasteiger partial charge < -0.3 is 5.32 Å². The second-order valence-corrected chi connectivity index (χ2v) is 9.35. The van der Waals surface area contributed by atoms with E-state index >= 15 is 0 Å². The van der Waals surface area contributed by atoms with Crippen LogP contribution in [0.4, 0.5) is 17.1 Å². The summed E-state index contributed by atoms with van der Waals surface area (Å²) in [6, 6.07) is 21.7. The first kappa shape index (κ1) is 18.7. The van der Waals surface area contributed by atoms with Crippen LogP contribution in [0.3, 0.4) is 0 Å². The fraction of sp³-hybridized carbons (Fsp3) is 0.0952. The Balaban J connectivity index is 1.84. The molecule has 4 aromatic rings. The van der Waals surface area contributed by atoms with Gasteiger partial charge in [-0.1, -0.05) is 28.1 Å². The summed E-state index contributed by atoms with van der Waals surface area (Å²) in [7, 11) is -1.23. The topological polar surface area (TPSA) is 62.1 Å². The summed E-state index contributed by atoms with van der Waals surface area (Å²) in [5.74, 6) is 0. The summed E-state index contributed by atoms with van der Waals surface area (Å²) < 4.78 is 28.5. The summed E-state index contributed by atoms with van der Waals surface area (Å²) in [5.41, 5.74) is 4.64. The van der Waals surface area contributed by atoms with Crippen molar-refractivity contribution in [1.82, 2.24) is 0 Å². The number of halogens is 1. The predicted octanol–water partition coefficient (Wildman–Crippen LogP) is 4.70. The van der Waals surface area contributed by atoms with Crippen LogP contribution < -0.4 is 14.6 Å². The average Bonchev–Trinajstić information content (AvgIpc) is 2.65. The Kier molecular flexibility index (Phi) is 4.72. The molecule has 0 bridgehead atoms. The molecule has 0 aliphatic rings. The van der Waals surface area contributed by atoms with Crippen molar-refractivity contribution in [2.75, 3.05) is 16.3 Å². The number of nitrogens with zero attached hydrogens (tertiary/aromatic N) is 1. The zero-order chi connectivity index (χ0) is 19.9. The van der Waals surface area contributed by atoms with Crippen molar-refractivity contribution >= 4 is 64.8 Å². The van der Waals surface area contributed by atoms with Gasteiger partial charge in [0.25, 0.3) is 0 Å². The molecule has 1 aromatic heterocycles. The molecule has 0 aliphatic carbocycles. The fourth-order valence-corrected chi connectivity index (χ4v) is 4.27. The Morgan fingerprint density at radius 1 is 0.857 bits per heavy atom. The number of para-hydroxylation sites is 1. The molecule has 2 N–H and O–H groups in total. The second kappa shape index (κ2) is 7.07. The van der Waals surface area contributed by atoms with E-state index in [1.54, 1.807) is 12.1 Å². The van der Waals surface area contributed by atoms with Gasteiger partial charge in [0, 0.05) is 28.0 Å². The number of hydrogen-bond acceptors (Lipinski definition) is 3. The molecular formula is C21H19BrN3O2S+. The van der Waals surface area contributed by atoms with Gasteiger partial charge in [0.1, 0.15) is 7.05 Å². The third-order valence-corrected chi connectivity index (χ3v) is 5.68. The van der Waals surface area contributed by atoms with Crippen molar-refractivity contribution in [1.29, 1.82) is 0 Å². The standard InChI is InChI=1S/C21H18BrN3O2S/c1-25-19-6-4-3-5-17(19)21(18-12-7-14(22)13-20(18)25)23-15-8-10-16(11-9-15)24-28(2,26)27/h3-13,24H,1-2H3/p+1. The number of hydrogen-bond donors (Lipinski definition) is 2. The van der Waals surface area contributed by atoms with E-state index in [1.807, 2.05) is 30.3 Å². The van der Waals surface area contributed by atoms with Gasteiger partial charge in [-0.2, -0.15) is 4.57 Å². The van der Waals surface area contributed by atoms with Crippen molar-refractivity contribution < 1.29 is 13.0 Å². The Morgan fingerprint density at radius 3 is 2.21 bits per heavy atom. The van der Waals surface area contributed by atoms with Gasteiger partial charge in [0.05, 0.1) is 22.7 Å². The van der Waals surface area contributed by atoms with E-state index in [0.29, 0.717) is 5.69 Å². The highest BCUT2D eigenvalue weighted by Gasteiger charge is 2.18. The highest BCUT2D eigenvalue weighted by atomic mass is 79.9. The highest BCUT2D eigenvalue weighted by Crippen LogP contribution is 2.33. The molecule has 1 heterocycles. The molecule has 0 atom stereocenters. The molecule has 0 saturated carbocycles. The molecule has 0 spiro atoms. The first-order valence-corrected chi connectivity index (χ1v) is 11.4. The summed E-state index contributed by atoms with van der Waals surface area (Å²) in [6.45, 7) is 0. The van der Waals surface area contributed by atoms with E-state index < -0.39 is 10.0 Å². The molecule has 7 heteroatoms. The van der Waals surface area contributed by atoms with Crippen LogP contribution in [0.1, 0.15) is 0 Å². The van der Waals surface area contributed by atoms with Crippen LogP contribution in [0.15, 0.2) is 71.2 Å². The number of fused-ring (bicyclic) bond motifs is 2. The highest BCUT2D eigenvalue weighted by molar-refractivity contribution is 9.10. The predicted molar refractivity (Wildman–Crippen MR) is 119 cm³/mol. The fourth-order valence-electron chi connectivity index (χ4n) is 3.36. The Labute approximate surface area is 172 Å². The molecule has 0 fully saturated rings. The van der Waals surface area contributed by atoms with Crippen LogP contribution in [0.5, 0.6) is 0 Å². The second-order valence-electron chi connectivity index (χ2n) is 6.69.